The van der Waals surface area contributed by atoms with Crippen molar-refractivity contribution in [3.63, 3.8) is 0 Å². The Hall–Kier alpha value is -2.20. The molecule has 1 aromatic carbocycles. The average molecular weight is 605 g/mol. The first-order chi connectivity index (χ1) is 18.7. The summed E-state index contributed by atoms with van der Waals surface area (Å²) in [5, 5.41) is 37.1. The zero-order valence-corrected chi connectivity index (χ0v) is 23.9. The van der Waals surface area contributed by atoms with E-state index < -0.39 is 61.2 Å². The summed E-state index contributed by atoms with van der Waals surface area (Å²) in [4.78, 5) is 23.6. The monoisotopic (exact) mass is 604 g/mol. The molecule has 1 amide bonds. The molecule has 1 aromatic heterocycles. The predicted octanol–water partition coefficient (Wildman–Crippen LogP) is 1.34. The van der Waals surface area contributed by atoms with E-state index in [1.165, 1.54) is 6.92 Å². The first kappa shape index (κ1) is 32.3. The molecule has 1 fully saturated rings. The van der Waals surface area contributed by atoms with E-state index in [1.807, 2.05) is 6.07 Å². The standard InChI is InChI=1S/C24H34FN4O9PS/c1-23(2,14-30)22(33)40-10-9-36-39(35,27-11-15-7-5-4-6-8-15)37-13-17-19(31)24(3,34)21(38-17)29-12-16(25)18(28-29)20(26)32/h4-8,12,17,19,21,30-31,34H,9-11,13-14H2,1-3H3,(H2,26,32)(H,27,35)/t17-,19+,21-,24?,39?/m1/s1. The second-order valence-electron chi connectivity index (χ2n) is 9.99. The fourth-order valence-electron chi connectivity index (χ4n) is 3.65. The number of primary amides is 1. The van der Waals surface area contributed by atoms with Gasteiger partial charge in [0.05, 0.1) is 31.4 Å². The number of rotatable bonds is 14. The maximum Gasteiger partial charge on any atom is 0.405 e. The van der Waals surface area contributed by atoms with Crippen LogP contribution in [-0.2, 0) is 29.7 Å². The van der Waals surface area contributed by atoms with Gasteiger partial charge in [-0.05, 0) is 26.3 Å². The molecule has 1 saturated heterocycles. The van der Waals surface area contributed by atoms with Crippen molar-refractivity contribution in [1.82, 2.24) is 14.9 Å². The van der Waals surface area contributed by atoms with Gasteiger partial charge in [0.25, 0.3) is 5.91 Å². The Balaban J connectivity index is 1.68. The highest BCUT2D eigenvalue weighted by Gasteiger charge is 2.54. The van der Waals surface area contributed by atoms with Gasteiger partial charge < -0.3 is 25.8 Å². The van der Waals surface area contributed by atoms with Gasteiger partial charge in [0.2, 0.25) is 0 Å². The minimum absolute atomic E-state index is 0.0958. The number of carbonyl (C=O) groups is 2. The lowest BCUT2D eigenvalue weighted by atomic mass is 9.97. The number of amides is 1. The van der Waals surface area contributed by atoms with Crippen LogP contribution in [0.1, 0.15) is 43.1 Å². The van der Waals surface area contributed by atoms with Crippen LogP contribution in [0.3, 0.4) is 0 Å². The largest absolute Gasteiger partial charge is 0.405 e. The number of nitrogens with one attached hydrogen (secondary N) is 1. The van der Waals surface area contributed by atoms with Crippen molar-refractivity contribution < 1.29 is 47.6 Å². The second kappa shape index (κ2) is 13.2. The third kappa shape index (κ3) is 7.75. The number of nitrogens with zero attached hydrogens (tertiary/aromatic N) is 2. The van der Waals surface area contributed by atoms with Gasteiger partial charge in [-0.25, -0.2) is 18.7 Å². The van der Waals surface area contributed by atoms with E-state index in [-0.39, 0.29) is 30.6 Å². The molecule has 1 aliphatic heterocycles. The first-order valence-electron chi connectivity index (χ1n) is 12.3. The smallest absolute Gasteiger partial charge is 0.395 e. The van der Waals surface area contributed by atoms with Crippen LogP contribution in [0.4, 0.5) is 4.39 Å². The van der Waals surface area contributed by atoms with Crippen molar-refractivity contribution in [2.45, 2.75) is 51.4 Å². The number of hydrogen-bond donors (Lipinski definition) is 5. The Morgan fingerprint density at radius 2 is 2.00 bits per heavy atom. The van der Waals surface area contributed by atoms with Gasteiger partial charge in [-0.15, -0.1) is 0 Å². The van der Waals surface area contributed by atoms with E-state index in [0.717, 1.165) is 28.2 Å². The molecule has 3 rings (SSSR count). The molecule has 0 spiro atoms. The molecule has 1 aliphatic rings. The van der Waals surface area contributed by atoms with Crippen molar-refractivity contribution in [3.05, 3.63) is 53.6 Å². The van der Waals surface area contributed by atoms with Crippen molar-refractivity contribution in [3.8, 4) is 0 Å². The lowest BCUT2D eigenvalue weighted by Crippen LogP contribution is -2.44. The molecule has 222 valence electrons. The van der Waals surface area contributed by atoms with Crippen LogP contribution in [0.2, 0.25) is 0 Å². The quantitative estimate of drug-likeness (QED) is 0.154. The molecule has 0 bridgehead atoms. The number of benzene rings is 1. The summed E-state index contributed by atoms with van der Waals surface area (Å²) in [6, 6.07) is 8.98. The van der Waals surface area contributed by atoms with Gasteiger partial charge in [-0.1, -0.05) is 42.1 Å². The van der Waals surface area contributed by atoms with Crippen LogP contribution >= 0.6 is 19.5 Å². The molecule has 2 aromatic rings. The number of halogens is 1. The number of aliphatic hydroxyl groups is 3. The van der Waals surface area contributed by atoms with E-state index in [0.29, 0.717) is 0 Å². The topological polar surface area (TPSA) is 195 Å². The third-order valence-corrected chi connectivity index (χ3v) is 8.91. The fourth-order valence-corrected chi connectivity index (χ4v) is 5.89. The SMILES string of the molecule is CC(C)(CO)C(=O)SCCOP(=O)(NCc1ccccc1)OC[C@H]1O[C@@H](n2cc(F)c(C(N)=O)n2)C(C)(O)[C@H]1O. The van der Waals surface area contributed by atoms with Gasteiger partial charge in [0.1, 0.15) is 17.8 Å². The third-order valence-electron chi connectivity index (χ3n) is 6.17. The predicted molar refractivity (Wildman–Crippen MR) is 142 cm³/mol. The van der Waals surface area contributed by atoms with E-state index in [4.69, 9.17) is 19.5 Å². The Kier molecular flexibility index (Phi) is 10.7. The Morgan fingerprint density at radius 3 is 2.60 bits per heavy atom. The number of aromatic nitrogens is 2. The van der Waals surface area contributed by atoms with Gasteiger partial charge in [0, 0.05) is 12.3 Å². The van der Waals surface area contributed by atoms with Gasteiger partial charge in [-0.3, -0.25) is 18.6 Å². The van der Waals surface area contributed by atoms with Crippen molar-refractivity contribution in [2.24, 2.45) is 11.1 Å². The van der Waals surface area contributed by atoms with E-state index in [9.17, 15) is 33.9 Å². The fraction of sp³-hybridized carbons (Fsp3) is 0.542. The maximum atomic E-state index is 14.1. The number of hydrogen-bond acceptors (Lipinski definition) is 11. The van der Waals surface area contributed by atoms with Gasteiger partial charge >= 0.3 is 7.75 Å². The number of thioether (sulfide) groups is 1. The normalized spacial score (nSPS) is 24.6. The zero-order valence-electron chi connectivity index (χ0n) is 22.2. The molecule has 13 nitrogen and oxygen atoms in total. The summed E-state index contributed by atoms with van der Waals surface area (Å²) in [6.45, 7) is 3.50. The lowest BCUT2D eigenvalue weighted by Gasteiger charge is -2.26. The van der Waals surface area contributed by atoms with Crippen LogP contribution in [0.5, 0.6) is 0 Å². The van der Waals surface area contributed by atoms with Crippen LogP contribution < -0.4 is 10.8 Å². The molecule has 0 radical (unpaired) electrons. The molecule has 2 heterocycles. The molecule has 6 N–H and O–H groups in total. The Bertz CT molecular complexity index is 1230. The lowest BCUT2D eigenvalue weighted by molar-refractivity contribution is -0.119. The summed E-state index contributed by atoms with van der Waals surface area (Å²) in [6.07, 6.45) is -3.50. The van der Waals surface area contributed by atoms with Crippen molar-refractivity contribution >= 4 is 30.5 Å². The van der Waals surface area contributed by atoms with Crippen LogP contribution in [0.25, 0.3) is 0 Å². The molecule has 16 heteroatoms. The number of carbonyl (C=O) groups excluding carboxylic acids is 2. The maximum absolute atomic E-state index is 14.1. The highest BCUT2D eigenvalue weighted by molar-refractivity contribution is 8.13. The molecule has 40 heavy (non-hydrogen) atoms. The number of aliphatic hydroxyl groups excluding tert-OH is 2. The summed E-state index contributed by atoms with van der Waals surface area (Å²) in [7, 11) is -4.06. The highest BCUT2D eigenvalue weighted by atomic mass is 32.2. The van der Waals surface area contributed by atoms with Crippen molar-refractivity contribution in [2.75, 3.05) is 25.6 Å². The van der Waals surface area contributed by atoms with E-state index in [1.54, 1.807) is 38.1 Å². The van der Waals surface area contributed by atoms with Crippen molar-refractivity contribution in [1.29, 1.82) is 0 Å². The zero-order chi connectivity index (χ0) is 29.7. The molecule has 0 aliphatic carbocycles. The molecular weight excluding hydrogens is 570 g/mol. The van der Waals surface area contributed by atoms with E-state index >= 15 is 0 Å². The molecule has 5 atom stereocenters. The molecular formula is C24H34FN4O9PS. The minimum atomic E-state index is -4.06. The first-order valence-corrected chi connectivity index (χ1v) is 14.8. The minimum Gasteiger partial charge on any atom is -0.395 e. The Morgan fingerprint density at radius 1 is 1.32 bits per heavy atom. The second-order valence-corrected chi connectivity index (χ2v) is 12.9. The van der Waals surface area contributed by atoms with Gasteiger partial charge in [-0.2, -0.15) is 5.10 Å². The van der Waals surface area contributed by atoms with E-state index in [2.05, 4.69) is 10.2 Å². The van der Waals surface area contributed by atoms with Crippen LogP contribution in [0.15, 0.2) is 36.5 Å². The molecule has 2 unspecified atom stereocenters. The molecule has 0 saturated carbocycles. The van der Waals surface area contributed by atoms with Crippen LogP contribution in [0, 0.1) is 11.2 Å². The summed E-state index contributed by atoms with van der Waals surface area (Å²) in [5.41, 5.74) is 2.24. The summed E-state index contributed by atoms with van der Waals surface area (Å²) in [5.74, 6) is -2.05. The summed E-state index contributed by atoms with van der Waals surface area (Å²) >= 11 is 0.910. The number of ether oxygens (including phenoxy) is 1. The average Bonchev–Trinajstić information content (AvgIpc) is 3.41. The van der Waals surface area contributed by atoms with Crippen LogP contribution in [-0.4, -0.2) is 79.5 Å². The highest BCUT2D eigenvalue weighted by Crippen LogP contribution is 2.46. The summed E-state index contributed by atoms with van der Waals surface area (Å²) < 4.78 is 45.2. The number of nitrogens with two attached hydrogens (primary N) is 1. The van der Waals surface area contributed by atoms with Gasteiger partial charge in [0.15, 0.2) is 22.9 Å². The Labute approximate surface area is 234 Å².